The van der Waals surface area contributed by atoms with Gasteiger partial charge in [-0.05, 0) is 98.4 Å². The highest BCUT2D eigenvalue weighted by Gasteiger charge is 2.36. The molecule has 2 aromatic rings. The van der Waals surface area contributed by atoms with E-state index in [0.717, 1.165) is 62.7 Å². The normalized spacial score (nSPS) is 21.1. The summed E-state index contributed by atoms with van der Waals surface area (Å²) in [5.74, 6) is 3.66. The number of aryl methyl sites for hydroxylation is 1. The molecule has 0 spiro atoms. The fraction of sp³-hybridized carbons (Fsp3) is 0.500. The number of nitrogens with zero attached hydrogens (tertiary/aromatic N) is 2. The van der Waals surface area contributed by atoms with E-state index in [9.17, 15) is 5.11 Å². The van der Waals surface area contributed by atoms with Gasteiger partial charge in [-0.15, -0.1) is 0 Å². The minimum absolute atomic E-state index is 0.193. The Hall–Kier alpha value is -2.96. The third-order valence-corrected chi connectivity index (χ3v) is 8.16. The molecule has 0 fully saturated rings. The summed E-state index contributed by atoms with van der Waals surface area (Å²) in [7, 11) is 5.54. The van der Waals surface area contributed by atoms with Crippen molar-refractivity contribution in [3.8, 4) is 11.5 Å². The summed E-state index contributed by atoms with van der Waals surface area (Å²) in [5, 5.41) is 9.94. The summed E-state index contributed by atoms with van der Waals surface area (Å²) in [6.07, 6.45) is 7.60. The number of hydrogen-bond donors (Lipinski definition) is 1. The average molecular weight is 521 g/mol. The number of fused-ring (bicyclic) bond motifs is 1. The molecule has 0 amide bonds. The molecule has 0 heterocycles. The third kappa shape index (κ3) is 6.72. The molecule has 0 bridgehead atoms. The number of hydrogen-bond acceptors (Lipinski definition) is 6. The van der Waals surface area contributed by atoms with E-state index in [2.05, 4.69) is 73.2 Å². The number of ether oxygens (including phenoxy) is 3. The van der Waals surface area contributed by atoms with E-state index >= 15 is 0 Å². The summed E-state index contributed by atoms with van der Waals surface area (Å²) in [4.78, 5) is 4.78. The first-order valence-corrected chi connectivity index (χ1v) is 13.9. The summed E-state index contributed by atoms with van der Waals surface area (Å²) < 4.78 is 17.4. The summed E-state index contributed by atoms with van der Waals surface area (Å²) in [5.41, 5.74) is 3.88. The van der Waals surface area contributed by atoms with Gasteiger partial charge in [0.15, 0.2) is 11.5 Å². The van der Waals surface area contributed by atoms with E-state index < -0.39 is 0 Å². The lowest BCUT2D eigenvalue weighted by molar-refractivity contribution is 0.132. The Morgan fingerprint density at radius 1 is 0.921 bits per heavy atom. The van der Waals surface area contributed by atoms with Gasteiger partial charge in [-0.3, -0.25) is 4.90 Å². The summed E-state index contributed by atoms with van der Waals surface area (Å²) in [6.45, 7) is 8.78. The molecule has 4 rings (SSSR count). The monoisotopic (exact) mass is 520 g/mol. The zero-order valence-corrected chi connectivity index (χ0v) is 23.7. The minimum Gasteiger partial charge on any atom is -0.508 e. The molecule has 3 atom stereocenters. The molecule has 1 N–H and O–H groups in total. The van der Waals surface area contributed by atoms with Crippen molar-refractivity contribution in [1.82, 2.24) is 9.80 Å². The van der Waals surface area contributed by atoms with Gasteiger partial charge >= 0.3 is 0 Å². The molecule has 6 heteroatoms. The molecule has 0 saturated heterocycles. The molecule has 0 aromatic heterocycles. The van der Waals surface area contributed by atoms with Crippen LogP contribution in [0.5, 0.6) is 11.5 Å². The van der Waals surface area contributed by atoms with Crippen LogP contribution in [0.3, 0.4) is 0 Å². The summed E-state index contributed by atoms with van der Waals surface area (Å²) >= 11 is 0. The minimum atomic E-state index is 0.193. The summed E-state index contributed by atoms with van der Waals surface area (Å²) in [6, 6.07) is 14.6. The molecule has 2 aliphatic carbocycles. The Morgan fingerprint density at radius 2 is 1.66 bits per heavy atom. The maximum absolute atomic E-state index is 9.94. The Labute approximate surface area is 228 Å². The van der Waals surface area contributed by atoms with Crippen molar-refractivity contribution < 1.29 is 19.3 Å². The van der Waals surface area contributed by atoms with Crippen molar-refractivity contribution >= 4 is 0 Å². The largest absolute Gasteiger partial charge is 0.508 e. The van der Waals surface area contributed by atoms with Crippen molar-refractivity contribution in [2.24, 2.45) is 11.8 Å². The average Bonchev–Trinajstić information content (AvgIpc) is 2.95. The SMILES string of the molecule is CCN(C)CCOc1ccc(CN(CC)C2C=C(OC)C(OC)=CC2[C@@H]2CCc3cc(O)ccc3C2)cc1. The predicted molar refractivity (Wildman–Crippen MR) is 152 cm³/mol. The number of phenolic OH excluding ortho intramolecular Hbond substituents is 1. The number of methoxy groups -OCH3 is 2. The second kappa shape index (κ2) is 13.2. The van der Waals surface area contributed by atoms with Crippen molar-refractivity contribution in [1.29, 1.82) is 0 Å². The van der Waals surface area contributed by atoms with Crippen LogP contribution in [0.2, 0.25) is 0 Å². The van der Waals surface area contributed by atoms with Gasteiger partial charge in [0.25, 0.3) is 0 Å². The lowest BCUT2D eigenvalue weighted by Crippen LogP contribution is -2.44. The lowest BCUT2D eigenvalue weighted by atomic mass is 9.72. The van der Waals surface area contributed by atoms with E-state index in [4.69, 9.17) is 14.2 Å². The zero-order valence-electron chi connectivity index (χ0n) is 23.7. The maximum Gasteiger partial charge on any atom is 0.158 e. The first kappa shape index (κ1) is 28.1. The van der Waals surface area contributed by atoms with Crippen LogP contribution in [0.25, 0.3) is 0 Å². The molecule has 2 unspecified atom stereocenters. The van der Waals surface area contributed by atoms with Gasteiger partial charge in [0.05, 0.1) is 14.2 Å². The Balaban J connectivity index is 1.51. The number of benzene rings is 2. The number of phenols is 1. The second-order valence-corrected chi connectivity index (χ2v) is 10.4. The lowest BCUT2D eigenvalue weighted by Gasteiger charge is -2.41. The van der Waals surface area contributed by atoms with Gasteiger partial charge in [0, 0.05) is 25.0 Å². The van der Waals surface area contributed by atoms with Crippen LogP contribution in [0.4, 0.5) is 0 Å². The van der Waals surface area contributed by atoms with Crippen molar-refractivity contribution in [2.45, 2.75) is 45.7 Å². The van der Waals surface area contributed by atoms with E-state index in [1.54, 1.807) is 14.2 Å². The Bertz CT molecular complexity index is 1110. The number of likely N-dealkylation sites (N-methyl/N-ethyl adjacent to an activating group) is 2. The van der Waals surface area contributed by atoms with E-state index in [0.29, 0.717) is 24.2 Å². The van der Waals surface area contributed by atoms with E-state index in [1.807, 2.05) is 12.1 Å². The van der Waals surface area contributed by atoms with Crippen LogP contribution in [-0.2, 0) is 28.9 Å². The molecule has 2 aromatic carbocycles. The highest BCUT2D eigenvalue weighted by Crippen LogP contribution is 2.39. The van der Waals surface area contributed by atoms with Gasteiger partial charge in [-0.2, -0.15) is 0 Å². The van der Waals surface area contributed by atoms with Crippen molar-refractivity contribution in [3.05, 3.63) is 82.8 Å². The van der Waals surface area contributed by atoms with Gasteiger partial charge in [0.2, 0.25) is 0 Å². The van der Waals surface area contributed by atoms with Crippen LogP contribution < -0.4 is 4.74 Å². The molecule has 0 aliphatic heterocycles. The first-order chi connectivity index (χ1) is 18.4. The van der Waals surface area contributed by atoms with Gasteiger partial charge in [0.1, 0.15) is 18.1 Å². The molecular formula is C32H44N2O4. The topological polar surface area (TPSA) is 54.4 Å². The van der Waals surface area contributed by atoms with Crippen molar-refractivity contribution in [3.63, 3.8) is 0 Å². The van der Waals surface area contributed by atoms with E-state index in [1.165, 1.54) is 16.7 Å². The molecule has 38 heavy (non-hydrogen) atoms. The van der Waals surface area contributed by atoms with E-state index in [-0.39, 0.29) is 6.04 Å². The highest BCUT2D eigenvalue weighted by molar-refractivity contribution is 5.38. The highest BCUT2D eigenvalue weighted by atomic mass is 16.5. The third-order valence-electron chi connectivity index (χ3n) is 8.16. The smallest absolute Gasteiger partial charge is 0.158 e. The fourth-order valence-electron chi connectivity index (χ4n) is 5.73. The molecule has 0 saturated carbocycles. The van der Waals surface area contributed by atoms with Gasteiger partial charge < -0.3 is 24.2 Å². The standard InChI is InChI=1S/C32H44N2O4/c1-6-33(3)16-17-38-28-14-8-23(9-15-28)22-34(7-2)30-21-32(37-5)31(36-4)20-29(30)26-11-10-25-19-27(35)13-12-24(25)18-26/h8-9,12-15,19-21,26,29-30,35H,6-7,10-11,16-18,22H2,1-5H3/t26-,29?,30?/m1/s1. The van der Waals surface area contributed by atoms with Crippen LogP contribution in [-0.4, -0.2) is 68.5 Å². The quantitative estimate of drug-likeness (QED) is 0.404. The molecule has 206 valence electrons. The van der Waals surface area contributed by atoms with Crippen LogP contribution in [0.1, 0.15) is 37.0 Å². The Kier molecular flexibility index (Phi) is 9.75. The fourth-order valence-corrected chi connectivity index (χ4v) is 5.73. The van der Waals surface area contributed by atoms with Gasteiger partial charge in [-0.25, -0.2) is 0 Å². The predicted octanol–water partition coefficient (Wildman–Crippen LogP) is 5.41. The van der Waals surface area contributed by atoms with Crippen LogP contribution >= 0.6 is 0 Å². The second-order valence-electron chi connectivity index (χ2n) is 10.4. The van der Waals surface area contributed by atoms with Crippen LogP contribution in [0, 0.1) is 11.8 Å². The molecule has 0 radical (unpaired) electrons. The molecular weight excluding hydrogens is 476 g/mol. The zero-order chi connectivity index (χ0) is 27.1. The van der Waals surface area contributed by atoms with Crippen molar-refractivity contribution in [2.75, 3.05) is 47.5 Å². The molecule has 6 nitrogen and oxygen atoms in total. The molecule has 2 aliphatic rings. The maximum atomic E-state index is 9.94. The number of aromatic hydroxyl groups is 1. The van der Waals surface area contributed by atoms with Crippen LogP contribution in [0.15, 0.2) is 66.1 Å². The Morgan fingerprint density at radius 3 is 2.34 bits per heavy atom. The number of rotatable bonds is 12. The van der Waals surface area contributed by atoms with Gasteiger partial charge in [-0.1, -0.05) is 32.0 Å². The first-order valence-electron chi connectivity index (χ1n) is 13.9.